The van der Waals surface area contributed by atoms with Crippen molar-refractivity contribution in [2.24, 2.45) is 0 Å². The van der Waals surface area contributed by atoms with Gasteiger partial charge in [-0.1, -0.05) is 37.3 Å². The van der Waals surface area contributed by atoms with Crippen molar-refractivity contribution >= 4 is 28.6 Å². The minimum Gasteiger partial charge on any atom is -0.337 e. The molecule has 3 aromatic rings. The Bertz CT molecular complexity index is 1220. The Morgan fingerprint density at radius 2 is 1.91 bits per heavy atom. The highest BCUT2D eigenvalue weighted by Crippen LogP contribution is 2.15. The van der Waals surface area contributed by atoms with E-state index in [9.17, 15) is 9.59 Å². The number of rotatable bonds is 5. The van der Waals surface area contributed by atoms with Crippen LogP contribution in [0.15, 0.2) is 53.3 Å². The van der Waals surface area contributed by atoms with E-state index in [-0.39, 0.29) is 17.6 Å². The lowest BCUT2D eigenvalue weighted by Gasteiger charge is -2.22. The van der Waals surface area contributed by atoms with Gasteiger partial charge in [-0.25, -0.2) is 0 Å². The van der Waals surface area contributed by atoms with E-state index in [1.807, 2.05) is 30.0 Å². The molecule has 1 amide bonds. The molecule has 0 saturated carbocycles. The van der Waals surface area contributed by atoms with Crippen molar-refractivity contribution in [1.82, 2.24) is 14.8 Å². The minimum absolute atomic E-state index is 0.0222. The number of hydrogen-bond acceptors (Lipinski definition) is 5. The third kappa shape index (κ3) is 4.96. The van der Waals surface area contributed by atoms with Gasteiger partial charge in [0.2, 0.25) is 5.84 Å². The van der Waals surface area contributed by atoms with Gasteiger partial charge in [-0.2, -0.15) is 9.98 Å². The summed E-state index contributed by atoms with van der Waals surface area (Å²) in [5.41, 5.74) is 8.43. The first-order valence-corrected chi connectivity index (χ1v) is 11.5. The molecule has 1 aromatic heterocycles. The smallest absolute Gasteiger partial charge is 0.321 e. The minimum atomic E-state index is -0.459. The second-order valence-electron chi connectivity index (χ2n) is 8.51. The molecule has 0 atom stereocenters. The molecular weight excluding hydrogens is 416 g/mol. The van der Waals surface area contributed by atoms with Crippen LogP contribution in [-0.4, -0.2) is 52.7 Å². The number of anilines is 1. The van der Waals surface area contributed by atoms with Crippen LogP contribution in [0.25, 0.3) is 11.0 Å². The molecule has 0 aliphatic carbocycles. The molecule has 8 heteroatoms. The van der Waals surface area contributed by atoms with Crippen molar-refractivity contribution in [3.63, 3.8) is 0 Å². The largest absolute Gasteiger partial charge is 0.337 e. The summed E-state index contributed by atoms with van der Waals surface area (Å²) in [5, 5.41) is 8.32. The van der Waals surface area contributed by atoms with Crippen molar-refractivity contribution in [3.8, 4) is 0 Å². The van der Waals surface area contributed by atoms with Crippen molar-refractivity contribution < 1.29 is 9.36 Å². The maximum atomic E-state index is 13.3. The summed E-state index contributed by atoms with van der Waals surface area (Å²) >= 11 is 0. The standard InChI is InChI=1S/C25H30N6O2/c1-2-7-22(26)31-21-11-10-19(16-20(21)28-24(32)23(31)27)25(33)30-13-6-12-29(14-15-30)17-18-8-4-3-5-9-18/h3-5,8-11,16,26-27H,2,6-7,12-15,17H2,1H3,(H,28,32)/p+1. The molecule has 8 nitrogen and oxygen atoms in total. The van der Waals surface area contributed by atoms with E-state index in [1.54, 1.807) is 18.2 Å². The fraction of sp³-hybridized carbons (Fsp3) is 0.360. The number of fused-ring (bicyclic) bond motifs is 1. The first-order chi connectivity index (χ1) is 16.0. The maximum Gasteiger partial charge on any atom is 0.321 e. The normalized spacial score (nSPS) is 14.9. The molecule has 2 heterocycles. The average molecular weight is 448 g/mol. The van der Waals surface area contributed by atoms with E-state index < -0.39 is 5.56 Å². The quantitative estimate of drug-likeness (QED) is 0.317. The van der Waals surface area contributed by atoms with E-state index in [4.69, 9.17) is 11.1 Å². The Morgan fingerprint density at radius 3 is 2.67 bits per heavy atom. The summed E-state index contributed by atoms with van der Waals surface area (Å²) in [7, 11) is 0. The summed E-state index contributed by atoms with van der Waals surface area (Å²) in [6.45, 7) is 5.97. The SMILES string of the molecule is CCCC(=N)[n+]1c(N)c(=O)[nH]c2cc(C(=O)N3CCCN(Cc4ccccc4)CC3)ccc21. The van der Waals surface area contributed by atoms with Gasteiger partial charge in [0.15, 0.2) is 0 Å². The number of nitrogens with two attached hydrogens (primary N) is 1. The van der Waals surface area contributed by atoms with Crippen LogP contribution in [0.4, 0.5) is 5.82 Å². The summed E-state index contributed by atoms with van der Waals surface area (Å²) < 4.78 is 1.47. The third-order valence-electron chi connectivity index (χ3n) is 6.09. The molecule has 4 N–H and O–H groups in total. The van der Waals surface area contributed by atoms with Gasteiger partial charge in [0.25, 0.3) is 11.7 Å². The number of H-pyrrole nitrogens is 1. The molecule has 4 rings (SSSR count). The molecule has 1 aliphatic heterocycles. The average Bonchev–Trinajstić information content (AvgIpc) is 3.05. The number of amides is 1. The first kappa shape index (κ1) is 22.7. The van der Waals surface area contributed by atoms with Gasteiger partial charge in [-0.05, 0) is 36.6 Å². The van der Waals surface area contributed by atoms with Crippen LogP contribution in [0, 0.1) is 5.41 Å². The highest BCUT2D eigenvalue weighted by Gasteiger charge is 2.23. The predicted molar refractivity (Wildman–Crippen MR) is 129 cm³/mol. The van der Waals surface area contributed by atoms with Crippen LogP contribution >= 0.6 is 0 Å². The zero-order valence-corrected chi connectivity index (χ0v) is 19.0. The second kappa shape index (κ2) is 9.95. The van der Waals surface area contributed by atoms with Crippen LogP contribution in [0.2, 0.25) is 0 Å². The lowest BCUT2D eigenvalue weighted by atomic mass is 10.1. The van der Waals surface area contributed by atoms with Crippen LogP contribution < -0.4 is 15.9 Å². The molecule has 0 bridgehead atoms. The van der Waals surface area contributed by atoms with E-state index >= 15 is 0 Å². The number of aromatic nitrogens is 2. The van der Waals surface area contributed by atoms with E-state index in [2.05, 4.69) is 22.0 Å². The van der Waals surface area contributed by atoms with Crippen molar-refractivity contribution in [3.05, 3.63) is 70.0 Å². The van der Waals surface area contributed by atoms with Gasteiger partial charge in [0, 0.05) is 44.7 Å². The Labute approximate surface area is 193 Å². The molecule has 0 radical (unpaired) electrons. The number of nitrogens with zero attached hydrogens (tertiary/aromatic N) is 3. The van der Waals surface area contributed by atoms with Gasteiger partial charge in [-0.15, -0.1) is 0 Å². The summed E-state index contributed by atoms with van der Waals surface area (Å²) in [5.74, 6) is 0.188. The number of nitrogen functional groups attached to an aromatic ring is 1. The van der Waals surface area contributed by atoms with E-state index in [1.165, 1.54) is 10.1 Å². The molecular formula is C25H31N6O2+. The third-order valence-corrected chi connectivity index (χ3v) is 6.09. The topological polar surface area (TPSA) is 110 Å². The maximum absolute atomic E-state index is 13.3. The van der Waals surface area contributed by atoms with Crippen molar-refractivity contribution in [1.29, 1.82) is 5.41 Å². The van der Waals surface area contributed by atoms with Gasteiger partial charge in [-0.3, -0.25) is 14.5 Å². The Kier molecular flexibility index (Phi) is 6.84. The number of hydrogen-bond donors (Lipinski definition) is 3. The number of carbonyl (C=O) groups excluding carboxylic acids is 1. The van der Waals surface area contributed by atoms with Crippen LogP contribution in [-0.2, 0) is 6.54 Å². The monoisotopic (exact) mass is 447 g/mol. The Balaban J connectivity index is 1.54. The summed E-state index contributed by atoms with van der Waals surface area (Å²) in [4.78, 5) is 32.7. The van der Waals surface area contributed by atoms with E-state index in [0.717, 1.165) is 32.5 Å². The highest BCUT2D eigenvalue weighted by atomic mass is 16.2. The second-order valence-corrected chi connectivity index (χ2v) is 8.51. The first-order valence-electron chi connectivity index (χ1n) is 11.5. The summed E-state index contributed by atoms with van der Waals surface area (Å²) in [6, 6.07) is 15.6. The molecule has 0 unspecified atom stereocenters. The molecule has 1 saturated heterocycles. The summed E-state index contributed by atoms with van der Waals surface area (Å²) in [6.07, 6.45) is 2.18. The molecule has 172 valence electrons. The Hall–Kier alpha value is -3.52. The predicted octanol–water partition coefficient (Wildman–Crippen LogP) is 2.37. The lowest BCUT2D eigenvalue weighted by Crippen LogP contribution is -2.49. The molecule has 33 heavy (non-hydrogen) atoms. The highest BCUT2D eigenvalue weighted by molar-refractivity contribution is 5.97. The lowest BCUT2D eigenvalue weighted by molar-refractivity contribution is -0.514. The van der Waals surface area contributed by atoms with Gasteiger partial charge < -0.3 is 15.6 Å². The van der Waals surface area contributed by atoms with Gasteiger partial charge in [0.1, 0.15) is 5.52 Å². The van der Waals surface area contributed by atoms with Crippen LogP contribution in [0.5, 0.6) is 0 Å². The number of benzene rings is 2. The van der Waals surface area contributed by atoms with E-state index in [0.29, 0.717) is 36.1 Å². The fourth-order valence-corrected chi connectivity index (χ4v) is 4.38. The van der Waals surface area contributed by atoms with Gasteiger partial charge >= 0.3 is 5.56 Å². The van der Waals surface area contributed by atoms with Gasteiger partial charge in [0.05, 0.1) is 5.52 Å². The molecule has 1 aliphatic rings. The Morgan fingerprint density at radius 1 is 1.12 bits per heavy atom. The van der Waals surface area contributed by atoms with Crippen molar-refractivity contribution in [2.75, 3.05) is 31.9 Å². The zero-order valence-electron chi connectivity index (χ0n) is 19.0. The fourth-order valence-electron chi connectivity index (χ4n) is 4.38. The number of nitrogens with one attached hydrogen (secondary N) is 2. The molecule has 0 spiro atoms. The molecule has 1 fully saturated rings. The zero-order chi connectivity index (χ0) is 23.4. The number of aromatic amines is 1. The van der Waals surface area contributed by atoms with Crippen LogP contribution in [0.1, 0.15) is 42.1 Å². The molecule has 2 aromatic carbocycles. The number of carbonyl (C=O) groups is 1. The van der Waals surface area contributed by atoms with Crippen LogP contribution in [0.3, 0.4) is 0 Å². The van der Waals surface area contributed by atoms with Crippen molar-refractivity contribution in [2.45, 2.75) is 32.7 Å².